The van der Waals surface area contributed by atoms with Crippen LogP contribution < -0.4 is 10.2 Å². The number of aryl methyl sites for hydroxylation is 1. The summed E-state index contributed by atoms with van der Waals surface area (Å²) in [5, 5.41) is 6.20. The van der Waals surface area contributed by atoms with Gasteiger partial charge in [-0.15, -0.1) is 11.3 Å². The van der Waals surface area contributed by atoms with Crippen LogP contribution in [0.15, 0.2) is 41.9 Å². The molecule has 146 valence electrons. The SMILES string of the molecule is Cc1cc(C(=O)Nc2ccc(I)cc2)n(Cc2csc(N3CCCCC3)n2)c1. The molecule has 28 heavy (non-hydrogen) atoms. The highest BCUT2D eigenvalue weighted by atomic mass is 127. The maximum absolute atomic E-state index is 12.8. The monoisotopic (exact) mass is 506 g/mol. The Morgan fingerprint density at radius 1 is 1.21 bits per heavy atom. The van der Waals surface area contributed by atoms with Crippen molar-refractivity contribution in [1.82, 2.24) is 9.55 Å². The highest BCUT2D eigenvalue weighted by Crippen LogP contribution is 2.25. The zero-order valence-electron chi connectivity index (χ0n) is 15.8. The molecule has 5 nitrogen and oxygen atoms in total. The van der Waals surface area contributed by atoms with E-state index < -0.39 is 0 Å². The van der Waals surface area contributed by atoms with Gasteiger partial charge in [0.1, 0.15) is 5.69 Å². The number of carbonyl (C=O) groups is 1. The van der Waals surface area contributed by atoms with Crippen LogP contribution in [0.2, 0.25) is 0 Å². The molecule has 1 amide bonds. The van der Waals surface area contributed by atoms with Gasteiger partial charge in [-0.05, 0) is 84.7 Å². The van der Waals surface area contributed by atoms with Crippen molar-refractivity contribution in [3.63, 3.8) is 0 Å². The third-order valence-corrected chi connectivity index (χ3v) is 6.54. The van der Waals surface area contributed by atoms with Gasteiger partial charge in [0.25, 0.3) is 5.91 Å². The van der Waals surface area contributed by atoms with Crippen LogP contribution in [0.3, 0.4) is 0 Å². The number of nitrogens with one attached hydrogen (secondary N) is 1. The normalized spacial score (nSPS) is 14.3. The molecule has 1 aromatic carbocycles. The summed E-state index contributed by atoms with van der Waals surface area (Å²) >= 11 is 3.96. The maximum atomic E-state index is 12.8. The van der Waals surface area contributed by atoms with Crippen LogP contribution in [0.4, 0.5) is 10.8 Å². The molecule has 3 aromatic rings. The summed E-state index contributed by atoms with van der Waals surface area (Å²) in [5.74, 6) is -0.0965. The summed E-state index contributed by atoms with van der Waals surface area (Å²) in [6.07, 6.45) is 5.82. The number of carbonyl (C=O) groups excluding carboxylic acids is 1. The van der Waals surface area contributed by atoms with Crippen LogP contribution in [-0.4, -0.2) is 28.5 Å². The van der Waals surface area contributed by atoms with Gasteiger partial charge in [0, 0.05) is 33.9 Å². The first-order chi connectivity index (χ1) is 13.6. The number of nitrogens with zero attached hydrogens (tertiary/aromatic N) is 3. The lowest BCUT2D eigenvalue weighted by molar-refractivity contribution is 0.101. The molecular formula is C21H23IN4OS. The molecular weight excluding hydrogens is 483 g/mol. The van der Waals surface area contributed by atoms with Crippen LogP contribution in [0, 0.1) is 10.5 Å². The van der Waals surface area contributed by atoms with Crippen molar-refractivity contribution in [1.29, 1.82) is 0 Å². The highest BCUT2D eigenvalue weighted by molar-refractivity contribution is 14.1. The summed E-state index contributed by atoms with van der Waals surface area (Å²) in [6, 6.07) is 9.74. The molecule has 0 aliphatic carbocycles. The van der Waals surface area contributed by atoms with E-state index in [4.69, 9.17) is 4.98 Å². The van der Waals surface area contributed by atoms with Gasteiger partial charge in [-0.25, -0.2) is 4.98 Å². The van der Waals surface area contributed by atoms with E-state index in [1.807, 2.05) is 48.0 Å². The fraction of sp³-hybridized carbons (Fsp3) is 0.333. The lowest BCUT2D eigenvalue weighted by Gasteiger charge is -2.25. The molecule has 1 aliphatic rings. The fourth-order valence-corrected chi connectivity index (χ4v) is 4.71. The number of piperidine rings is 1. The molecule has 1 fully saturated rings. The van der Waals surface area contributed by atoms with Crippen LogP contribution >= 0.6 is 33.9 Å². The van der Waals surface area contributed by atoms with Gasteiger partial charge in [0.15, 0.2) is 5.13 Å². The number of hydrogen-bond acceptors (Lipinski definition) is 4. The van der Waals surface area contributed by atoms with E-state index in [0.29, 0.717) is 12.2 Å². The van der Waals surface area contributed by atoms with Gasteiger partial charge in [-0.1, -0.05) is 0 Å². The first kappa shape index (κ1) is 19.4. The Balaban J connectivity index is 1.49. The lowest BCUT2D eigenvalue weighted by Crippen LogP contribution is -2.29. The Morgan fingerprint density at radius 3 is 2.71 bits per heavy atom. The molecule has 0 saturated carbocycles. The predicted octanol–water partition coefficient (Wildman–Crippen LogP) is 5.15. The van der Waals surface area contributed by atoms with Crippen LogP contribution in [-0.2, 0) is 6.54 Å². The van der Waals surface area contributed by atoms with Crippen molar-refractivity contribution in [2.24, 2.45) is 0 Å². The van der Waals surface area contributed by atoms with Gasteiger partial charge in [-0.2, -0.15) is 0 Å². The van der Waals surface area contributed by atoms with E-state index in [9.17, 15) is 4.79 Å². The lowest BCUT2D eigenvalue weighted by atomic mass is 10.1. The number of anilines is 2. The van der Waals surface area contributed by atoms with Gasteiger partial charge in [0.05, 0.1) is 12.2 Å². The summed E-state index contributed by atoms with van der Waals surface area (Å²) in [7, 11) is 0. The van der Waals surface area contributed by atoms with Crippen LogP contribution in [0.25, 0.3) is 0 Å². The second-order valence-electron chi connectivity index (χ2n) is 7.16. The first-order valence-electron chi connectivity index (χ1n) is 9.51. The Morgan fingerprint density at radius 2 is 1.96 bits per heavy atom. The maximum Gasteiger partial charge on any atom is 0.272 e. The molecule has 1 saturated heterocycles. The molecule has 1 N–H and O–H groups in total. The Kier molecular flexibility index (Phi) is 6.01. The number of hydrogen-bond donors (Lipinski definition) is 1. The van der Waals surface area contributed by atoms with E-state index in [0.717, 1.165) is 38.7 Å². The largest absolute Gasteiger partial charge is 0.348 e. The van der Waals surface area contributed by atoms with E-state index in [1.54, 1.807) is 11.3 Å². The van der Waals surface area contributed by atoms with Crippen molar-refractivity contribution in [2.45, 2.75) is 32.7 Å². The van der Waals surface area contributed by atoms with Crippen LogP contribution in [0.5, 0.6) is 0 Å². The molecule has 0 bridgehead atoms. The molecule has 0 spiro atoms. The molecule has 0 unspecified atom stereocenters. The molecule has 0 atom stereocenters. The van der Waals surface area contributed by atoms with Crippen molar-refractivity contribution in [2.75, 3.05) is 23.3 Å². The fourth-order valence-electron chi connectivity index (χ4n) is 3.48. The van der Waals surface area contributed by atoms with Gasteiger partial charge in [0.2, 0.25) is 0 Å². The summed E-state index contributed by atoms with van der Waals surface area (Å²) in [5.41, 5.74) is 3.53. The Labute approximate surface area is 182 Å². The van der Waals surface area contributed by atoms with E-state index >= 15 is 0 Å². The topological polar surface area (TPSA) is 50.2 Å². The van der Waals surface area contributed by atoms with E-state index in [2.05, 4.69) is 38.2 Å². The quantitative estimate of drug-likeness (QED) is 0.488. The zero-order chi connectivity index (χ0) is 19.5. The summed E-state index contributed by atoms with van der Waals surface area (Å²) in [6.45, 7) is 4.81. The molecule has 3 heterocycles. The highest BCUT2D eigenvalue weighted by Gasteiger charge is 2.17. The molecule has 7 heteroatoms. The van der Waals surface area contributed by atoms with Crippen molar-refractivity contribution >= 4 is 50.7 Å². The zero-order valence-corrected chi connectivity index (χ0v) is 18.8. The van der Waals surface area contributed by atoms with E-state index in [1.165, 1.54) is 19.3 Å². The first-order valence-corrected chi connectivity index (χ1v) is 11.5. The second-order valence-corrected chi connectivity index (χ2v) is 9.24. The minimum absolute atomic E-state index is 0.0965. The molecule has 1 aliphatic heterocycles. The summed E-state index contributed by atoms with van der Waals surface area (Å²) < 4.78 is 3.13. The van der Waals surface area contributed by atoms with Crippen LogP contribution in [0.1, 0.15) is 41.0 Å². The molecule has 2 aromatic heterocycles. The van der Waals surface area contributed by atoms with Crippen molar-refractivity contribution < 1.29 is 4.79 Å². The number of benzene rings is 1. The predicted molar refractivity (Wildman–Crippen MR) is 124 cm³/mol. The average molecular weight is 506 g/mol. The third-order valence-electron chi connectivity index (χ3n) is 4.87. The number of amides is 1. The number of thiazole rings is 1. The minimum Gasteiger partial charge on any atom is -0.348 e. The standard InChI is InChI=1S/C21H23IN4OS/c1-15-11-19(20(27)23-17-7-5-16(22)6-8-17)26(12-15)13-18-14-28-21(24-18)25-9-3-2-4-10-25/h5-8,11-12,14H,2-4,9-10,13H2,1H3,(H,23,27). The minimum atomic E-state index is -0.0965. The number of rotatable bonds is 5. The second kappa shape index (κ2) is 8.65. The smallest absolute Gasteiger partial charge is 0.272 e. The number of aromatic nitrogens is 2. The van der Waals surface area contributed by atoms with Gasteiger partial charge < -0.3 is 14.8 Å². The third kappa shape index (κ3) is 4.57. The van der Waals surface area contributed by atoms with Gasteiger partial charge >= 0.3 is 0 Å². The summed E-state index contributed by atoms with van der Waals surface area (Å²) in [4.78, 5) is 20.0. The van der Waals surface area contributed by atoms with Crippen molar-refractivity contribution in [3.8, 4) is 0 Å². The van der Waals surface area contributed by atoms with Crippen molar-refractivity contribution in [3.05, 3.63) is 62.4 Å². The average Bonchev–Trinajstić information content (AvgIpc) is 3.31. The van der Waals surface area contributed by atoms with E-state index in [-0.39, 0.29) is 5.91 Å². The molecule has 4 rings (SSSR count). The molecule has 0 radical (unpaired) electrons. The Hall–Kier alpha value is -1.87. The Bertz CT molecular complexity index is 957. The van der Waals surface area contributed by atoms with Gasteiger partial charge in [-0.3, -0.25) is 4.79 Å². The number of halogens is 1.